The van der Waals surface area contributed by atoms with Crippen LogP contribution in [0.5, 0.6) is 0 Å². The van der Waals surface area contributed by atoms with Crippen LogP contribution in [0.3, 0.4) is 0 Å². The molecule has 1 aliphatic rings. The summed E-state index contributed by atoms with van der Waals surface area (Å²) >= 11 is 5.81. The molecule has 0 bridgehead atoms. The number of rotatable bonds is 0. The molecular weight excluding hydrogens is 170 g/mol. The van der Waals surface area contributed by atoms with Crippen molar-refractivity contribution < 1.29 is 0 Å². The lowest BCUT2D eigenvalue weighted by atomic mass is 9.88. The lowest BCUT2D eigenvalue weighted by Gasteiger charge is -2.19. The van der Waals surface area contributed by atoms with E-state index in [-0.39, 0.29) is 0 Å². The van der Waals surface area contributed by atoms with Gasteiger partial charge in [0.15, 0.2) is 0 Å². The Morgan fingerprint density at radius 3 is 3.17 bits per heavy atom. The van der Waals surface area contributed by atoms with Gasteiger partial charge in [0.1, 0.15) is 5.15 Å². The predicted molar refractivity (Wildman–Crippen MR) is 50.4 cm³/mol. The second-order valence-electron chi connectivity index (χ2n) is 3.59. The molecule has 0 aliphatic heterocycles. The van der Waals surface area contributed by atoms with E-state index in [9.17, 15) is 0 Å². The third kappa shape index (κ3) is 1.46. The lowest BCUT2D eigenvalue weighted by molar-refractivity contribution is 0.492. The van der Waals surface area contributed by atoms with Gasteiger partial charge in [-0.2, -0.15) is 0 Å². The molecule has 1 aromatic rings. The summed E-state index contributed by atoms with van der Waals surface area (Å²) in [7, 11) is 0. The van der Waals surface area contributed by atoms with E-state index in [1.807, 2.05) is 6.07 Å². The highest BCUT2D eigenvalue weighted by molar-refractivity contribution is 6.29. The van der Waals surface area contributed by atoms with Crippen LogP contribution in [0.4, 0.5) is 0 Å². The molecule has 0 fully saturated rings. The first kappa shape index (κ1) is 8.06. The summed E-state index contributed by atoms with van der Waals surface area (Å²) < 4.78 is 0. The molecule has 0 spiro atoms. The van der Waals surface area contributed by atoms with E-state index >= 15 is 0 Å². The van der Waals surface area contributed by atoms with Gasteiger partial charge in [0, 0.05) is 5.69 Å². The fourth-order valence-corrected chi connectivity index (χ4v) is 1.91. The monoisotopic (exact) mass is 181 g/mol. The van der Waals surface area contributed by atoms with Crippen LogP contribution in [0, 0.1) is 5.92 Å². The summed E-state index contributed by atoms with van der Waals surface area (Å²) in [4.78, 5) is 4.33. The molecule has 2 rings (SSSR count). The average molecular weight is 182 g/mol. The zero-order valence-electron chi connectivity index (χ0n) is 7.18. The largest absolute Gasteiger partial charge is 0.241 e. The number of aromatic nitrogens is 1. The van der Waals surface area contributed by atoms with Gasteiger partial charge >= 0.3 is 0 Å². The third-order valence-corrected chi connectivity index (χ3v) is 2.69. The first-order valence-electron chi connectivity index (χ1n) is 4.40. The van der Waals surface area contributed by atoms with E-state index in [1.54, 1.807) is 0 Å². The van der Waals surface area contributed by atoms with Crippen LogP contribution in [-0.2, 0) is 12.8 Å². The Balaban J connectivity index is 2.37. The van der Waals surface area contributed by atoms with Gasteiger partial charge in [-0.1, -0.05) is 24.6 Å². The zero-order valence-corrected chi connectivity index (χ0v) is 7.93. The average Bonchev–Trinajstić information content (AvgIpc) is 2.03. The van der Waals surface area contributed by atoms with Crippen molar-refractivity contribution in [1.29, 1.82) is 0 Å². The highest BCUT2D eigenvalue weighted by atomic mass is 35.5. The molecular formula is C10H12ClN. The molecule has 2 heteroatoms. The Kier molecular flexibility index (Phi) is 2.05. The minimum Gasteiger partial charge on any atom is -0.241 e. The van der Waals surface area contributed by atoms with E-state index < -0.39 is 0 Å². The lowest BCUT2D eigenvalue weighted by Crippen LogP contribution is -2.12. The van der Waals surface area contributed by atoms with Crippen molar-refractivity contribution in [2.45, 2.75) is 26.2 Å². The smallest absolute Gasteiger partial charge is 0.129 e. The Morgan fingerprint density at radius 2 is 2.33 bits per heavy atom. The number of hydrogen-bond donors (Lipinski definition) is 0. The summed E-state index contributed by atoms with van der Waals surface area (Å²) in [5, 5.41) is 0.628. The summed E-state index contributed by atoms with van der Waals surface area (Å²) in [6.45, 7) is 2.27. The summed E-state index contributed by atoms with van der Waals surface area (Å²) in [5.41, 5.74) is 2.60. The number of nitrogens with zero attached hydrogens (tertiary/aromatic N) is 1. The SMILES string of the molecule is CC1CCc2ccc(Cl)nc2C1. The number of pyridine rings is 1. The van der Waals surface area contributed by atoms with Crippen LogP contribution in [0.25, 0.3) is 0 Å². The molecule has 0 N–H and O–H groups in total. The molecule has 1 heterocycles. The molecule has 1 aromatic heterocycles. The Hall–Kier alpha value is -0.560. The van der Waals surface area contributed by atoms with E-state index in [0.717, 1.165) is 12.3 Å². The van der Waals surface area contributed by atoms with Crippen molar-refractivity contribution in [3.05, 3.63) is 28.5 Å². The molecule has 0 saturated heterocycles. The van der Waals surface area contributed by atoms with Gasteiger partial charge in [0.05, 0.1) is 0 Å². The maximum Gasteiger partial charge on any atom is 0.129 e. The summed E-state index contributed by atoms with van der Waals surface area (Å²) in [6.07, 6.45) is 3.55. The van der Waals surface area contributed by atoms with E-state index in [0.29, 0.717) is 5.15 Å². The van der Waals surface area contributed by atoms with Gasteiger partial charge in [-0.05, 0) is 36.8 Å². The molecule has 1 unspecified atom stereocenters. The van der Waals surface area contributed by atoms with Crippen molar-refractivity contribution >= 4 is 11.6 Å². The first-order chi connectivity index (χ1) is 5.75. The number of hydrogen-bond acceptors (Lipinski definition) is 1. The molecule has 12 heavy (non-hydrogen) atoms. The molecule has 1 nitrogen and oxygen atoms in total. The van der Waals surface area contributed by atoms with Crippen LogP contribution < -0.4 is 0 Å². The minimum absolute atomic E-state index is 0.628. The summed E-state index contributed by atoms with van der Waals surface area (Å²) in [6, 6.07) is 3.99. The van der Waals surface area contributed by atoms with Crippen molar-refractivity contribution in [3.63, 3.8) is 0 Å². The highest BCUT2D eigenvalue weighted by Crippen LogP contribution is 2.24. The van der Waals surface area contributed by atoms with Crippen molar-refractivity contribution in [2.75, 3.05) is 0 Å². The molecule has 0 amide bonds. The first-order valence-corrected chi connectivity index (χ1v) is 4.78. The molecule has 64 valence electrons. The number of halogens is 1. The Bertz CT molecular complexity index is 296. The third-order valence-electron chi connectivity index (χ3n) is 2.48. The normalized spacial score (nSPS) is 22.0. The Labute approximate surface area is 77.8 Å². The van der Waals surface area contributed by atoms with Gasteiger partial charge in [-0.3, -0.25) is 0 Å². The molecule has 1 aliphatic carbocycles. The maximum absolute atomic E-state index is 5.81. The highest BCUT2D eigenvalue weighted by Gasteiger charge is 2.15. The second kappa shape index (κ2) is 3.06. The van der Waals surface area contributed by atoms with E-state index in [2.05, 4.69) is 18.0 Å². The molecule has 1 atom stereocenters. The van der Waals surface area contributed by atoms with Gasteiger partial charge in [0.2, 0.25) is 0 Å². The predicted octanol–water partition coefficient (Wildman–Crippen LogP) is 2.86. The quantitative estimate of drug-likeness (QED) is 0.561. The standard InChI is InChI=1S/C10H12ClN/c1-7-2-3-8-4-5-10(11)12-9(8)6-7/h4-5,7H,2-3,6H2,1H3. The van der Waals surface area contributed by atoms with Crippen LogP contribution in [0.1, 0.15) is 24.6 Å². The van der Waals surface area contributed by atoms with Gasteiger partial charge < -0.3 is 0 Å². The maximum atomic E-state index is 5.81. The summed E-state index contributed by atoms with van der Waals surface area (Å²) in [5.74, 6) is 0.767. The fourth-order valence-electron chi connectivity index (χ4n) is 1.74. The molecule has 0 aromatic carbocycles. The van der Waals surface area contributed by atoms with Gasteiger partial charge in [-0.15, -0.1) is 0 Å². The fraction of sp³-hybridized carbons (Fsp3) is 0.500. The Morgan fingerprint density at radius 1 is 1.50 bits per heavy atom. The van der Waals surface area contributed by atoms with Crippen molar-refractivity contribution in [2.24, 2.45) is 5.92 Å². The zero-order chi connectivity index (χ0) is 8.55. The van der Waals surface area contributed by atoms with Gasteiger partial charge in [0.25, 0.3) is 0 Å². The van der Waals surface area contributed by atoms with E-state index in [4.69, 9.17) is 11.6 Å². The van der Waals surface area contributed by atoms with Crippen LogP contribution in [0.15, 0.2) is 12.1 Å². The molecule has 0 radical (unpaired) electrons. The van der Waals surface area contributed by atoms with Crippen LogP contribution >= 0.6 is 11.6 Å². The van der Waals surface area contributed by atoms with Crippen molar-refractivity contribution in [1.82, 2.24) is 4.98 Å². The molecule has 0 saturated carbocycles. The number of fused-ring (bicyclic) bond motifs is 1. The van der Waals surface area contributed by atoms with Crippen molar-refractivity contribution in [3.8, 4) is 0 Å². The second-order valence-corrected chi connectivity index (χ2v) is 3.98. The number of aryl methyl sites for hydroxylation is 1. The van der Waals surface area contributed by atoms with Crippen LogP contribution in [-0.4, -0.2) is 4.98 Å². The van der Waals surface area contributed by atoms with E-state index in [1.165, 1.54) is 24.1 Å². The topological polar surface area (TPSA) is 12.9 Å². The van der Waals surface area contributed by atoms with Crippen LogP contribution in [0.2, 0.25) is 5.15 Å². The van der Waals surface area contributed by atoms with Gasteiger partial charge in [-0.25, -0.2) is 4.98 Å². The minimum atomic E-state index is 0.628.